The third-order valence-corrected chi connectivity index (χ3v) is 5.86. The molecule has 0 saturated carbocycles. The highest BCUT2D eigenvalue weighted by Crippen LogP contribution is 2.27. The summed E-state index contributed by atoms with van der Waals surface area (Å²) in [5.74, 6) is 1.50. The zero-order chi connectivity index (χ0) is 16.4. The molecule has 0 bridgehead atoms. The van der Waals surface area contributed by atoms with Gasteiger partial charge in [0, 0.05) is 36.8 Å². The molecule has 3 aromatic heterocycles. The normalized spacial score (nSPS) is 18.0. The molecule has 1 fully saturated rings. The molecule has 0 aromatic carbocycles. The van der Waals surface area contributed by atoms with Gasteiger partial charge in [-0.3, -0.25) is 4.79 Å². The number of thiazole rings is 1. The van der Waals surface area contributed by atoms with Crippen molar-refractivity contribution < 1.29 is 4.79 Å². The smallest absolute Gasteiger partial charge is 0.263 e. The van der Waals surface area contributed by atoms with Crippen LogP contribution in [0, 0.1) is 0 Å². The Morgan fingerprint density at radius 2 is 2.33 bits per heavy atom. The average Bonchev–Trinajstić information content (AvgIpc) is 3.37. The van der Waals surface area contributed by atoms with Gasteiger partial charge < -0.3 is 9.47 Å². The summed E-state index contributed by atoms with van der Waals surface area (Å²) >= 11 is 3.12. The van der Waals surface area contributed by atoms with Gasteiger partial charge in [0.25, 0.3) is 5.91 Å². The maximum atomic E-state index is 12.6. The third-order valence-electron chi connectivity index (χ3n) is 4.37. The monoisotopic (exact) mass is 358 g/mol. The van der Waals surface area contributed by atoms with E-state index in [9.17, 15) is 4.79 Å². The Balaban J connectivity index is 1.50. The van der Waals surface area contributed by atoms with Crippen molar-refractivity contribution >= 4 is 28.6 Å². The lowest BCUT2D eigenvalue weighted by Gasteiger charge is -2.32. The van der Waals surface area contributed by atoms with Gasteiger partial charge in [-0.1, -0.05) is 6.07 Å². The second kappa shape index (κ2) is 6.86. The van der Waals surface area contributed by atoms with E-state index in [-0.39, 0.29) is 11.8 Å². The number of hydrogen-bond donors (Lipinski definition) is 0. The van der Waals surface area contributed by atoms with Crippen LogP contribution in [0.2, 0.25) is 0 Å². The molecule has 4 heterocycles. The van der Waals surface area contributed by atoms with Crippen molar-refractivity contribution in [3.8, 4) is 0 Å². The van der Waals surface area contributed by atoms with Gasteiger partial charge in [-0.2, -0.15) is 0 Å². The number of aromatic nitrogens is 3. The van der Waals surface area contributed by atoms with Gasteiger partial charge in [-0.15, -0.1) is 22.7 Å². The number of rotatable bonds is 4. The maximum Gasteiger partial charge on any atom is 0.263 e. The van der Waals surface area contributed by atoms with Crippen LogP contribution in [-0.4, -0.2) is 38.4 Å². The summed E-state index contributed by atoms with van der Waals surface area (Å²) in [6.45, 7) is 2.32. The van der Waals surface area contributed by atoms with E-state index in [2.05, 4.69) is 19.9 Å². The lowest BCUT2D eigenvalue weighted by molar-refractivity contribution is 0.0708. The number of thiophene rings is 1. The predicted molar refractivity (Wildman–Crippen MR) is 95.6 cm³/mol. The summed E-state index contributed by atoms with van der Waals surface area (Å²) in [7, 11) is 0. The summed E-state index contributed by atoms with van der Waals surface area (Å²) in [6.07, 6.45) is 5.95. The van der Waals surface area contributed by atoms with Crippen LogP contribution in [-0.2, 0) is 6.54 Å². The quantitative estimate of drug-likeness (QED) is 0.717. The Morgan fingerprint density at radius 1 is 1.38 bits per heavy atom. The topological polar surface area (TPSA) is 51.0 Å². The molecule has 1 saturated heterocycles. The van der Waals surface area contributed by atoms with E-state index in [0.29, 0.717) is 0 Å². The standard InChI is InChI=1S/C17H18N4OS2/c22-17(15-4-2-8-24-15)21-6-1-3-13(9-21)16-18-5-7-20(16)10-14-11-23-12-19-14/h2,4-5,7-8,11-13H,1,3,6,9-10H2. The molecule has 5 nitrogen and oxygen atoms in total. The number of carbonyl (C=O) groups is 1. The van der Waals surface area contributed by atoms with Crippen LogP contribution >= 0.6 is 22.7 Å². The van der Waals surface area contributed by atoms with E-state index >= 15 is 0 Å². The van der Waals surface area contributed by atoms with Crippen molar-refractivity contribution in [1.82, 2.24) is 19.4 Å². The fraction of sp³-hybridized carbons (Fsp3) is 0.353. The van der Waals surface area contributed by atoms with Crippen LogP contribution in [0.15, 0.2) is 40.8 Å². The van der Waals surface area contributed by atoms with Gasteiger partial charge in [0.15, 0.2) is 0 Å². The zero-order valence-electron chi connectivity index (χ0n) is 13.2. The summed E-state index contributed by atoms with van der Waals surface area (Å²) in [4.78, 5) is 24.4. The molecule has 0 radical (unpaired) electrons. The summed E-state index contributed by atoms with van der Waals surface area (Å²) in [5.41, 5.74) is 2.91. The van der Waals surface area contributed by atoms with E-state index in [1.807, 2.05) is 40.3 Å². The van der Waals surface area contributed by atoms with Crippen LogP contribution in [0.1, 0.15) is 39.9 Å². The number of nitrogens with zero attached hydrogens (tertiary/aromatic N) is 4. The molecule has 1 aliphatic rings. The largest absolute Gasteiger partial charge is 0.337 e. The van der Waals surface area contributed by atoms with Gasteiger partial charge in [0.05, 0.1) is 22.6 Å². The first-order valence-electron chi connectivity index (χ1n) is 8.02. The molecule has 1 aliphatic heterocycles. The molecule has 1 atom stereocenters. The highest BCUT2D eigenvalue weighted by molar-refractivity contribution is 7.12. The Bertz CT molecular complexity index is 795. The number of hydrogen-bond acceptors (Lipinski definition) is 5. The molecule has 1 unspecified atom stereocenters. The molecule has 4 rings (SSSR count). The molecular weight excluding hydrogens is 340 g/mol. The fourth-order valence-electron chi connectivity index (χ4n) is 3.23. The second-order valence-corrected chi connectivity index (χ2v) is 7.63. The average molecular weight is 358 g/mol. The molecule has 1 amide bonds. The minimum atomic E-state index is 0.146. The van der Waals surface area contributed by atoms with Crippen molar-refractivity contribution in [2.24, 2.45) is 0 Å². The first-order valence-corrected chi connectivity index (χ1v) is 9.84. The van der Waals surface area contributed by atoms with Crippen LogP contribution < -0.4 is 0 Å². The summed E-state index contributed by atoms with van der Waals surface area (Å²) in [5, 5.41) is 4.02. The molecule has 0 N–H and O–H groups in total. The molecule has 7 heteroatoms. The Kier molecular flexibility index (Phi) is 4.44. The predicted octanol–water partition coefficient (Wildman–Crippen LogP) is 3.47. The minimum absolute atomic E-state index is 0.146. The van der Waals surface area contributed by atoms with E-state index in [1.165, 1.54) is 11.3 Å². The lowest BCUT2D eigenvalue weighted by atomic mass is 9.97. The Hall–Kier alpha value is -1.99. The second-order valence-electron chi connectivity index (χ2n) is 5.96. The van der Waals surface area contributed by atoms with E-state index in [0.717, 1.165) is 48.9 Å². The summed E-state index contributed by atoms with van der Waals surface area (Å²) < 4.78 is 2.17. The number of likely N-dealkylation sites (tertiary alicyclic amines) is 1. The third kappa shape index (κ3) is 3.14. The highest BCUT2D eigenvalue weighted by atomic mass is 32.1. The van der Waals surface area contributed by atoms with Gasteiger partial charge in [-0.25, -0.2) is 9.97 Å². The van der Waals surface area contributed by atoms with Gasteiger partial charge in [-0.05, 0) is 24.3 Å². The van der Waals surface area contributed by atoms with Gasteiger partial charge >= 0.3 is 0 Å². The molecule has 0 spiro atoms. The minimum Gasteiger partial charge on any atom is -0.337 e. The van der Waals surface area contributed by atoms with Gasteiger partial charge in [0.2, 0.25) is 0 Å². The number of carbonyl (C=O) groups excluding carboxylic acids is 1. The van der Waals surface area contributed by atoms with Crippen LogP contribution in [0.3, 0.4) is 0 Å². The van der Waals surface area contributed by atoms with Crippen molar-refractivity contribution in [3.05, 3.63) is 57.2 Å². The Labute approximate surface area is 148 Å². The van der Waals surface area contributed by atoms with E-state index < -0.39 is 0 Å². The summed E-state index contributed by atoms with van der Waals surface area (Å²) in [6, 6.07) is 3.83. The number of piperidine rings is 1. The lowest BCUT2D eigenvalue weighted by Crippen LogP contribution is -2.39. The molecule has 0 aliphatic carbocycles. The molecular formula is C17H18N4OS2. The first kappa shape index (κ1) is 15.5. The maximum absolute atomic E-state index is 12.6. The zero-order valence-corrected chi connectivity index (χ0v) is 14.8. The highest BCUT2D eigenvalue weighted by Gasteiger charge is 2.28. The van der Waals surface area contributed by atoms with E-state index in [1.54, 1.807) is 11.3 Å². The van der Waals surface area contributed by atoms with E-state index in [4.69, 9.17) is 0 Å². The van der Waals surface area contributed by atoms with Crippen LogP contribution in [0.5, 0.6) is 0 Å². The fourth-order valence-corrected chi connectivity index (χ4v) is 4.47. The van der Waals surface area contributed by atoms with Crippen LogP contribution in [0.25, 0.3) is 0 Å². The van der Waals surface area contributed by atoms with Gasteiger partial charge in [0.1, 0.15) is 5.82 Å². The number of amides is 1. The SMILES string of the molecule is O=C(c1cccs1)N1CCCC(c2nccn2Cc2cscn2)C1. The molecule has 3 aromatic rings. The first-order chi connectivity index (χ1) is 11.8. The van der Waals surface area contributed by atoms with Crippen molar-refractivity contribution in [2.45, 2.75) is 25.3 Å². The van der Waals surface area contributed by atoms with Crippen molar-refractivity contribution in [2.75, 3.05) is 13.1 Å². The Morgan fingerprint density at radius 3 is 3.12 bits per heavy atom. The number of imidazole rings is 1. The molecule has 124 valence electrons. The molecule has 24 heavy (non-hydrogen) atoms. The van der Waals surface area contributed by atoms with Crippen LogP contribution in [0.4, 0.5) is 0 Å². The van der Waals surface area contributed by atoms with Crippen molar-refractivity contribution in [3.63, 3.8) is 0 Å². The van der Waals surface area contributed by atoms with Crippen molar-refractivity contribution in [1.29, 1.82) is 0 Å².